The van der Waals surface area contributed by atoms with Crippen LogP contribution in [-0.4, -0.2) is 4.21 Å². The van der Waals surface area contributed by atoms with E-state index < -0.39 is 15.5 Å². The molecule has 3 aliphatic carbocycles. The highest BCUT2D eigenvalue weighted by Crippen LogP contribution is 2.66. The molecule has 1 atom stereocenters. The Morgan fingerprint density at radius 2 is 1.09 bits per heavy atom. The number of rotatable bonds is 2. The molecule has 0 N–H and O–H groups in total. The van der Waals surface area contributed by atoms with Crippen LogP contribution in [0, 0.1) is 0 Å². The van der Waals surface area contributed by atoms with E-state index in [1.165, 1.54) is 39.0 Å². The fourth-order valence-electron chi connectivity index (χ4n) is 5.96. The third-order valence-corrected chi connectivity index (χ3v) is 9.13. The third-order valence-electron chi connectivity index (χ3n) is 7.16. The van der Waals surface area contributed by atoms with Crippen molar-refractivity contribution >= 4 is 21.3 Å². The van der Waals surface area contributed by atoms with Crippen LogP contribution in [-0.2, 0) is 15.5 Å². The van der Waals surface area contributed by atoms with Gasteiger partial charge >= 0.3 is 0 Å². The molecule has 4 aromatic rings. The van der Waals surface area contributed by atoms with Crippen molar-refractivity contribution in [1.29, 1.82) is 0 Å². The van der Waals surface area contributed by atoms with Crippen LogP contribution >= 0.6 is 0 Å². The maximum absolute atomic E-state index is 14.6. The minimum Gasteiger partial charge on any atom is -0.253 e. The minimum absolute atomic E-state index is 0.144. The molecule has 0 aromatic heterocycles. The molecule has 1 nitrogen and oxygen atoms in total. The summed E-state index contributed by atoms with van der Waals surface area (Å²) in [6, 6.07) is 38.1. The number of allylic oxidation sites excluding steroid dienone is 2. The van der Waals surface area contributed by atoms with Crippen LogP contribution in [0.15, 0.2) is 121 Å². The zero-order valence-electron chi connectivity index (χ0n) is 17.4. The predicted octanol–water partition coefficient (Wildman–Crippen LogP) is 6.65. The summed E-state index contributed by atoms with van der Waals surface area (Å²) in [6.45, 7) is 0. The molecule has 1 heterocycles. The van der Waals surface area contributed by atoms with E-state index in [4.69, 9.17) is 0 Å². The molecule has 1 unspecified atom stereocenters. The van der Waals surface area contributed by atoms with Crippen molar-refractivity contribution in [1.82, 2.24) is 0 Å². The van der Waals surface area contributed by atoms with Crippen molar-refractivity contribution in [2.75, 3.05) is 0 Å². The van der Waals surface area contributed by atoms with Gasteiger partial charge in [-0.2, -0.15) is 0 Å². The molecule has 2 heteroatoms. The Kier molecular flexibility index (Phi) is 3.68. The SMILES string of the molecule is O=S1C(c2ccccc2)=CC2=C(c3ccccc3)C3c4ccccc4C21c1ccccc13. The molecule has 152 valence electrons. The van der Waals surface area contributed by atoms with Crippen molar-refractivity contribution in [2.45, 2.75) is 10.7 Å². The van der Waals surface area contributed by atoms with Crippen LogP contribution < -0.4 is 0 Å². The molecular formula is C30H20OS. The first kappa shape index (κ1) is 18.1. The van der Waals surface area contributed by atoms with Gasteiger partial charge in [-0.3, -0.25) is 4.21 Å². The first-order valence-corrected chi connectivity index (χ1v) is 12.1. The average Bonchev–Trinajstić information content (AvgIpc) is 3.19. The molecule has 0 amide bonds. The Labute approximate surface area is 190 Å². The lowest BCUT2D eigenvalue weighted by Crippen LogP contribution is -2.42. The van der Waals surface area contributed by atoms with E-state index in [9.17, 15) is 4.21 Å². The zero-order valence-corrected chi connectivity index (χ0v) is 18.2. The van der Waals surface area contributed by atoms with Gasteiger partial charge in [-0.15, -0.1) is 0 Å². The molecule has 0 radical (unpaired) electrons. The average molecular weight is 429 g/mol. The Morgan fingerprint density at radius 1 is 0.594 bits per heavy atom. The van der Waals surface area contributed by atoms with Crippen LogP contribution in [0.4, 0.5) is 0 Å². The summed E-state index contributed by atoms with van der Waals surface area (Å²) in [6.07, 6.45) is 2.23. The lowest BCUT2D eigenvalue weighted by molar-refractivity contribution is 0.660. The molecule has 32 heavy (non-hydrogen) atoms. The van der Waals surface area contributed by atoms with Crippen molar-refractivity contribution < 1.29 is 4.21 Å². The van der Waals surface area contributed by atoms with Crippen molar-refractivity contribution in [3.8, 4) is 0 Å². The van der Waals surface area contributed by atoms with Gasteiger partial charge in [0.2, 0.25) is 0 Å². The summed E-state index contributed by atoms with van der Waals surface area (Å²) in [4.78, 5) is 0.918. The predicted molar refractivity (Wildman–Crippen MR) is 131 cm³/mol. The fraction of sp³-hybridized carbons (Fsp3) is 0.0667. The third kappa shape index (κ3) is 2.11. The lowest BCUT2D eigenvalue weighted by Gasteiger charge is -2.48. The molecule has 4 aliphatic rings. The molecule has 0 saturated heterocycles. The summed E-state index contributed by atoms with van der Waals surface area (Å²) >= 11 is 0. The molecule has 2 bridgehead atoms. The summed E-state index contributed by atoms with van der Waals surface area (Å²) in [5.74, 6) is 0.144. The van der Waals surface area contributed by atoms with Crippen molar-refractivity contribution in [3.63, 3.8) is 0 Å². The van der Waals surface area contributed by atoms with Gasteiger partial charge in [-0.1, -0.05) is 109 Å². The van der Waals surface area contributed by atoms with E-state index in [0.29, 0.717) is 0 Å². The molecule has 8 rings (SSSR count). The normalized spacial score (nSPS) is 24.6. The van der Waals surface area contributed by atoms with Gasteiger partial charge in [-0.05, 0) is 50.6 Å². The van der Waals surface area contributed by atoms with Crippen LogP contribution in [0.3, 0.4) is 0 Å². The second kappa shape index (κ2) is 6.51. The second-order valence-electron chi connectivity index (χ2n) is 8.63. The Balaban J connectivity index is 1.65. The molecule has 0 saturated carbocycles. The highest BCUT2D eigenvalue weighted by Gasteiger charge is 2.59. The van der Waals surface area contributed by atoms with Gasteiger partial charge in [0.05, 0.1) is 10.8 Å². The van der Waals surface area contributed by atoms with Crippen LogP contribution in [0.5, 0.6) is 0 Å². The first-order chi connectivity index (χ1) is 15.8. The Hall–Kier alpha value is -3.49. The van der Waals surface area contributed by atoms with Gasteiger partial charge in [0, 0.05) is 10.8 Å². The number of hydrogen-bond acceptors (Lipinski definition) is 1. The van der Waals surface area contributed by atoms with Crippen LogP contribution in [0.1, 0.15) is 39.3 Å². The maximum atomic E-state index is 14.6. The van der Waals surface area contributed by atoms with E-state index in [1.807, 2.05) is 18.2 Å². The van der Waals surface area contributed by atoms with Gasteiger partial charge in [-0.25, -0.2) is 0 Å². The van der Waals surface area contributed by atoms with Gasteiger partial charge in [0.1, 0.15) is 4.75 Å². The highest BCUT2D eigenvalue weighted by molar-refractivity contribution is 7.96. The van der Waals surface area contributed by atoms with Crippen molar-refractivity contribution in [2.24, 2.45) is 0 Å². The smallest absolute Gasteiger partial charge is 0.126 e. The van der Waals surface area contributed by atoms with Crippen LogP contribution in [0.25, 0.3) is 10.5 Å². The number of hydrogen-bond donors (Lipinski definition) is 0. The summed E-state index contributed by atoms with van der Waals surface area (Å²) < 4.78 is 14.0. The van der Waals surface area contributed by atoms with E-state index >= 15 is 0 Å². The lowest BCUT2D eigenvalue weighted by atomic mass is 9.59. The largest absolute Gasteiger partial charge is 0.253 e. The highest BCUT2D eigenvalue weighted by atomic mass is 32.2. The molecule has 1 spiro atoms. The maximum Gasteiger partial charge on any atom is 0.126 e. The summed E-state index contributed by atoms with van der Waals surface area (Å²) in [5, 5.41) is 0. The molecule has 4 aromatic carbocycles. The second-order valence-corrected chi connectivity index (χ2v) is 10.2. The van der Waals surface area contributed by atoms with E-state index in [2.05, 4.69) is 97.1 Å². The van der Waals surface area contributed by atoms with Crippen LogP contribution in [0.2, 0.25) is 0 Å². The summed E-state index contributed by atoms with van der Waals surface area (Å²) in [7, 11) is -1.26. The first-order valence-electron chi connectivity index (χ1n) is 11.0. The topological polar surface area (TPSA) is 17.1 Å². The standard InChI is InChI=1S/C30H20OS/c31-32-27(20-11-3-1-4-12-20)19-26-28(21-13-5-2-6-14-21)29-22-15-7-9-17-24(22)30(26,32)25-18-10-8-16-23(25)29/h1-19,29H. The Morgan fingerprint density at radius 3 is 1.69 bits per heavy atom. The van der Waals surface area contributed by atoms with Gasteiger partial charge in [0.15, 0.2) is 0 Å². The zero-order chi connectivity index (χ0) is 21.3. The molecular weight excluding hydrogens is 408 g/mol. The van der Waals surface area contributed by atoms with E-state index in [0.717, 1.165) is 10.5 Å². The fourth-order valence-corrected chi connectivity index (χ4v) is 8.00. The van der Waals surface area contributed by atoms with Crippen molar-refractivity contribution in [3.05, 3.63) is 154 Å². The molecule has 1 aliphatic heterocycles. The summed E-state index contributed by atoms with van der Waals surface area (Å²) in [5.41, 5.74) is 9.69. The Bertz CT molecular complexity index is 1430. The van der Waals surface area contributed by atoms with Gasteiger partial charge in [0.25, 0.3) is 0 Å². The quantitative estimate of drug-likeness (QED) is 0.349. The number of benzene rings is 4. The molecule has 0 fully saturated rings. The van der Waals surface area contributed by atoms with Gasteiger partial charge < -0.3 is 0 Å². The monoisotopic (exact) mass is 428 g/mol. The minimum atomic E-state index is -1.26. The van der Waals surface area contributed by atoms with E-state index in [-0.39, 0.29) is 5.92 Å². The van der Waals surface area contributed by atoms with E-state index in [1.54, 1.807) is 0 Å².